The van der Waals surface area contributed by atoms with Crippen LogP contribution in [0.2, 0.25) is 0 Å². The van der Waals surface area contributed by atoms with E-state index in [1.807, 2.05) is 25.1 Å². The van der Waals surface area contributed by atoms with Crippen LogP contribution in [0.5, 0.6) is 5.75 Å². The van der Waals surface area contributed by atoms with E-state index in [2.05, 4.69) is 21.2 Å². The van der Waals surface area contributed by atoms with Crippen molar-refractivity contribution in [3.05, 3.63) is 28.2 Å². The van der Waals surface area contributed by atoms with Gasteiger partial charge in [0, 0.05) is 6.54 Å². The second-order valence-corrected chi connectivity index (χ2v) is 6.04. The van der Waals surface area contributed by atoms with Crippen molar-refractivity contribution in [3.8, 4) is 5.75 Å². The first-order valence-electron chi connectivity index (χ1n) is 7.04. The lowest BCUT2D eigenvalue weighted by Gasteiger charge is -2.18. The molecule has 3 atom stereocenters. The van der Waals surface area contributed by atoms with E-state index in [0.717, 1.165) is 28.6 Å². The maximum absolute atomic E-state index is 12.2. The molecule has 3 unspecified atom stereocenters. The Hall–Kier alpha value is -1.11. The van der Waals surface area contributed by atoms with E-state index in [0.29, 0.717) is 6.54 Å². The van der Waals surface area contributed by atoms with Crippen LogP contribution in [0.4, 0.5) is 0 Å². The molecule has 0 radical (unpaired) electrons. The summed E-state index contributed by atoms with van der Waals surface area (Å²) in [6.07, 6.45) is 1.19. The smallest absolute Gasteiger partial charge is 0.249 e. The molecule has 0 saturated carbocycles. The van der Waals surface area contributed by atoms with Crippen LogP contribution in [0.15, 0.2) is 22.7 Å². The van der Waals surface area contributed by atoms with Crippen molar-refractivity contribution in [2.75, 3.05) is 13.7 Å². The molecule has 6 heteroatoms. The van der Waals surface area contributed by atoms with Crippen LogP contribution in [0.25, 0.3) is 0 Å². The van der Waals surface area contributed by atoms with Gasteiger partial charge in [-0.25, -0.2) is 0 Å². The fourth-order valence-corrected chi connectivity index (χ4v) is 2.97. The van der Waals surface area contributed by atoms with E-state index in [1.54, 1.807) is 7.11 Å². The number of halogens is 1. The van der Waals surface area contributed by atoms with Gasteiger partial charge < -0.3 is 20.5 Å². The maximum atomic E-state index is 12.2. The van der Waals surface area contributed by atoms with Crippen LogP contribution >= 0.6 is 15.9 Å². The molecule has 0 bridgehead atoms. The third-order valence-electron chi connectivity index (χ3n) is 3.70. The minimum absolute atomic E-state index is 0.00573. The van der Waals surface area contributed by atoms with Crippen LogP contribution in [0.1, 0.15) is 31.4 Å². The van der Waals surface area contributed by atoms with Crippen molar-refractivity contribution < 1.29 is 14.3 Å². The van der Waals surface area contributed by atoms with Gasteiger partial charge in [-0.05, 0) is 53.4 Å². The Morgan fingerprint density at radius 3 is 2.90 bits per heavy atom. The number of rotatable bonds is 5. The zero-order chi connectivity index (χ0) is 15.4. The zero-order valence-corrected chi connectivity index (χ0v) is 13.9. The highest BCUT2D eigenvalue weighted by atomic mass is 79.9. The normalized spacial score (nSPS) is 22.9. The lowest BCUT2D eigenvalue weighted by Crippen LogP contribution is -2.37. The molecular formula is C15H21BrN2O3. The van der Waals surface area contributed by atoms with Crippen molar-refractivity contribution >= 4 is 21.8 Å². The van der Waals surface area contributed by atoms with E-state index >= 15 is 0 Å². The van der Waals surface area contributed by atoms with Crippen LogP contribution in [0, 0.1) is 0 Å². The van der Waals surface area contributed by atoms with Gasteiger partial charge >= 0.3 is 0 Å². The molecule has 1 aliphatic rings. The van der Waals surface area contributed by atoms with Crippen molar-refractivity contribution in [2.45, 2.75) is 38.0 Å². The summed E-state index contributed by atoms with van der Waals surface area (Å²) < 4.78 is 11.7. The number of hydrogen-bond donors (Lipinski definition) is 2. The van der Waals surface area contributed by atoms with Crippen molar-refractivity contribution in [2.24, 2.45) is 5.73 Å². The molecule has 1 aromatic carbocycles. The van der Waals surface area contributed by atoms with Gasteiger partial charge in [0.2, 0.25) is 5.91 Å². The summed E-state index contributed by atoms with van der Waals surface area (Å²) in [5, 5.41) is 2.98. The molecule has 21 heavy (non-hydrogen) atoms. The van der Waals surface area contributed by atoms with E-state index in [9.17, 15) is 4.79 Å². The molecular weight excluding hydrogens is 336 g/mol. The van der Waals surface area contributed by atoms with Crippen molar-refractivity contribution in [3.63, 3.8) is 0 Å². The van der Waals surface area contributed by atoms with Gasteiger partial charge in [-0.15, -0.1) is 0 Å². The number of benzene rings is 1. The van der Waals surface area contributed by atoms with Crippen molar-refractivity contribution in [1.82, 2.24) is 5.32 Å². The first-order chi connectivity index (χ1) is 10.0. The molecule has 0 spiro atoms. The number of methoxy groups -OCH3 is 1. The summed E-state index contributed by atoms with van der Waals surface area (Å²) in [5.41, 5.74) is 6.56. The number of carbonyl (C=O) groups excluding carboxylic acids is 1. The Labute approximate surface area is 133 Å². The molecule has 1 amide bonds. The van der Waals surface area contributed by atoms with Gasteiger partial charge in [-0.1, -0.05) is 6.07 Å². The Bertz CT molecular complexity index is 510. The second kappa shape index (κ2) is 7.24. The molecule has 0 aromatic heterocycles. The molecule has 1 aliphatic heterocycles. The average Bonchev–Trinajstić information content (AvgIpc) is 2.96. The molecule has 116 valence electrons. The van der Waals surface area contributed by atoms with Crippen LogP contribution in [0.3, 0.4) is 0 Å². The molecule has 1 heterocycles. The number of carbonyl (C=O) groups is 1. The molecule has 1 fully saturated rings. The number of nitrogens with one attached hydrogen (secondary N) is 1. The van der Waals surface area contributed by atoms with Gasteiger partial charge in [0.25, 0.3) is 0 Å². The molecule has 1 aromatic rings. The predicted molar refractivity (Wildman–Crippen MR) is 84.2 cm³/mol. The SMILES string of the molecule is COc1ccc(C(C)NC(=O)C2CCC(CN)O2)cc1Br. The number of ether oxygens (including phenoxy) is 2. The lowest BCUT2D eigenvalue weighted by atomic mass is 10.1. The highest BCUT2D eigenvalue weighted by molar-refractivity contribution is 9.10. The van der Waals surface area contributed by atoms with Crippen LogP contribution in [-0.4, -0.2) is 31.8 Å². The second-order valence-electron chi connectivity index (χ2n) is 5.18. The minimum Gasteiger partial charge on any atom is -0.496 e. The topological polar surface area (TPSA) is 73.6 Å². The van der Waals surface area contributed by atoms with Gasteiger partial charge in [0.15, 0.2) is 0 Å². The monoisotopic (exact) mass is 356 g/mol. The summed E-state index contributed by atoms with van der Waals surface area (Å²) in [7, 11) is 1.62. The number of nitrogens with two attached hydrogens (primary N) is 1. The average molecular weight is 357 g/mol. The molecule has 5 nitrogen and oxygen atoms in total. The largest absolute Gasteiger partial charge is 0.496 e. The summed E-state index contributed by atoms with van der Waals surface area (Å²) in [6.45, 7) is 2.41. The summed E-state index contributed by atoms with van der Waals surface area (Å²) >= 11 is 3.45. The third-order valence-corrected chi connectivity index (χ3v) is 4.32. The van der Waals surface area contributed by atoms with E-state index in [-0.39, 0.29) is 24.2 Å². The Kier molecular flexibility index (Phi) is 5.61. The lowest BCUT2D eigenvalue weighted by molar-refractivity contribution is -0.132. The third kappa shape index (κ3) is 3.96. The number of amides is 1. The van der Waals surface area contributed by atoms with E-state index in [1.165, 1.54) is 0 Å². The first kappa shape index (κ1) is 16.3. The Morgan fingerprint density at radius 2 is 2.33 bits per heavy atom. The fraction of sp³-hybridized carbons (Fsp3) is 0.533. The standard InChI is InChI=1S/C15H21BrN2O3/c1-9(10-3-5-13(20-2)12(16)7-10)18-15(19)14-6-4-11(8-17)21-14/h3,5,7,9,11,14H,4,6,8,17H2,1-2H3,(H,18,19). The highest BCUT2D eigenvalue weighted by Gasteiger charge is 2.30. The Morgan fingerprint density at radius 1 is 1.57 bits per heavy atom. The summed E-state index contributed by atoms with van der Waals surface area (Å²) in [4.78, 5) is 12.2. The van der Waals surface area contributed by atoms with Gasteiger partial charge in [0.1, 0.15) is 11.9 Å². The maximum Gasteiger partial charge on any atom is 0.249 e. The number of hydrogen-bond acceptors (Lipinski definition) is 4. The predicted octanol–water partition coefficient (Wildman–Crippen LogP) is 2.14. The van der Waals surface area contributed by atoms with E-state index in [4.69, 9.17) is 15.2 Å². The minimum atomic E-state index is -0.386. The quantitative estimate of drug-likeness (QED) is 0.847. The molecule has 1 saturated heterocycles. The summed E-state index contributed by atoms with van der Waals surface area (Å²) in [6, 6.07) is 5.66. The summed E-state index contributed by atoms with van der Waals surface area (Å²) in [5.74, 6) is 0.688. The van der Waals surface area contributed by atoms with Crippen molar-refractivity contribution in [1.29, 1.82) is 0 Å². The molecule has 3 N–H and O–H groups in total. The fourth-order valence-electron chi connectivity index (χ4n) is 2.41. The highest BCUT2D eigenvalue weighted by Crippen LogP contribution is 2.28. The Balaban J connectivity index is 1.96. The molecule has 0 aliphatic carbocycles. The van der Waals surface area contributed by atoms with Gasteiger partial charge in [-0.3, -0.25) is 4.79 Å². The van der Waals surface area contributed by atoms with E-state index < -0.39 is 0 Å². The van der Waals surface area contributed by atoms with Gasteiger partial charge in [-0.2, -0.15) is 0 Å². The van der Waals surface area contributed by atoms with Crippen LogP contribution in [-0.2, 0) is 9.53 Å². The zero-order valence-electron chi connectivity index (χ0n) is 12.3. The van der Waals surface area contributed by atoms with Crippen LogP contribution < -0.4 is 15.8 Å². The van der Waals surface area contributed by atoms with Gasteiger partial charge in [0.05, 0.1) is 23.7 Å². The molecule has 2 rings (SSSR count). The first-order valence-corrected chi connectivity index (χ1v) is 7.83.